The molecule has 0 aliphatic heterocycles. The Morgan fingerprint density at radius 3 is 2.62 bits per heavy atom. The van der Waals surface area contributed by atoms with Crippen LogP contribution in [0.3, 0.4) is 0 Å². The first-order chi connectivity index (χ1) is 6.09. The fourth-order valence-electron chi connectivity index (χ4n) is 0.674. The smallest absolute Gasteiger partial charge is 0.274 e. The summed E-state index contributed by atoms with van der Waals surface area (Å²) < 4.78 is 29.7. The van der Waals surface area contributed by atoms with Gasteiger partial charge in [0.05, 0.1) is 0 Å². The molecule has 0 radical (unpaired) electrons. The number of alkyl halides is 2. The Morgan fingerprint density at radius 1 is 1.46 bits per heavy atom. The van der Waals surface area contributed by atoms with E-state index in [1.165, 1.54) is 19.2 Å². The lowest BCUT2D eigenvalue weighted by atomic mass is 10.4. The molecule has 1 aromatic rings. The van der Waals surface area contributed by atoms with Crippen LogP contribution in [0.5, 0.6) is 5.88 Å². The third-order valence-corrected chi connectivity index (χ3v) is 1.83. The molecule has 5 heteroatoms. The van der Waals surface area contributed by atoms with Crippen molar-refractivity contribution in [3.63, 3.8) is 0 Å². The number of nitrogens with zero attached hydrogens (tertiary/aromatic N) is 1. The van der Waals surface area contributed by atoms with Gasteiger partial charge in [-0.05, 0) is 28.9 Å². The first-order valence-electron chi connectivity index (χ1n) is 3.66. The molecular weight excluding hydrogens is 244 g/mol. The first kappa shape index (κ1) is 10.4. The number of aromatic nitrogens is 1. The van der Waals surface area contributed by atoms with Gasteiger partial charge in [0.25, 0.3) is 6.43 Å². The van der Waals surface area contributed by atoms with Crippen LogP contribution in [-0.4, -0.2) is 17.5 Å². The summed E-state index contributed by atoms with van der Waals surface area (Å²) in [5.74, 6) is 0.205. The van der Waals surface area contributed by atoms with Crippen molar-refractivity contribution in [1.29, 1.82) is 0 Å². The van der Waals surface area contributed by atoms with Crippen molar-refractivity contribution >= 4 is 15.9 Å². The lowest BCUT2D eigenvalue weighted by Gasteiger charge is -2.11. The van der Waals surface area contributed by atoms with Gasteiger partial charge in [-0.3, -0.25) is 0 Å². The van der Waals surface area contributed by atoms with Crippen molar-refractivity contribution in [3.05, 3.63) is 22.8 Å². The summed E-state index contributed by atoms with van der Waals surface area (Å²) in [4.78, 5) is 3.80. The van der Waals surface area contributed by atoms with Crippen LogP contribution in [0.1, 0.15) is 6.92 Å². The fraction of sp³-hybridized carbons (Fsp3) is 0.375. The molecule has 13 heavy (non-hydrogen) atoms. The Balaban J connectivity index is 2.59. The van der Waals surface area contributed by atoms with Crippen LogP contribution >= 0.6 is 15.9 Å². The molecule has 1 atom stereocenters. The van der Waals surface area contributed by atoms with E-state index in [0.29, 0.717) is 0 Å². The van der Waals surface area contributed by atoms with Crippen molar-refractivity contribution in [1.82, 2.24) is 4.98 Å². The number of halogens is 3. The predicted molar refractivity (Wildman–Crippen MR) is 48.0 cm³/mol. The van der Waals surface area contributed by atoms with E-state index < -0.39 is 12.5 Å². The van der Waals surface area contributed by atoms with E-state index >= 15 is 0 Å². The van der Waals surface area contributed by atoms with Gasteiger partial charge >= 0.3 is 0 Å². The second-order valence-electron chi connectivity index (χ2n) is 2.47. The van der Waals surface area contributed by atoms with Crippen LogP contribution in [0.4, 0.5) is 8.78 Å². The largest absolute Gasteiger partial charge is 0.469 e. The molecule has 2 nitrogen and oxygen atoms in total. The van der Waals surface area contributed by atoms with E-state index in [9.17, 15) is 8.78 Å². The van der Waals surface area contributed by atoms with Gasteiger partial charge in [-0.2, -0.15) is 0 Å². The molecule has 1 unspecified atom stereocenters. The standard InChI is InChI=1S/C8H8BrF2NO/c1-5(8(10)11)13-7-3-2-6(9)4-12-7/h2-5,8H,1H3. The van der Waals surface area contributed by atoms with Crippen LogP contribution < -0.4 is 4.74 Å². The fourth-order valence-corrected chi connectivity index (χ4v) is 0.908. The predicted octanol–water partition coefficient (Wildman–Crippen LogP) is 2.88. The Morgan fingerprint density at radius 2 is 2.15 bits per heavy atom. The number of hydrogen-bond donors (Lipinski definition) is 0. The molecule has 0 aromatic carbocycles. The average molecular weight is 252 g/mol. The summed E-state index contributed by atoms with van der Waals surface area (Å²) in [6, 6.07) is 3.21. The van der Waals surface area contributed by atoms with Crippen molar-refractivity contribution < 1.29 is 13.5 Å². The molecule has 1 rings (SSSR count). The second kappa shape index (κ2) is 4.50. The summed E-state index contributed by atoms with van der Waals surface area (Å²) in [5.41, 5.74) is 0. The Labute approximate surface area is 83.1 Å². The zero-order valence-corrected chi connectivity index (χ0v) is 8.46. The minimum atomic E-state index is -2.49. The normalized spacial score (nSPS) is 13.0. The van der Waals surface area contributed by atoms with Gasteiger partial charge in [-0.15, -0.1) is 0 Å². The molecule has 0 aliphatic carbocycles. The van der Waals surface area contributed by atoms with Crippen LogP contribution in [0, 0.1) is 0 Å². The zero-order chi connectivity index (χ0) is 9.84. The maximum absolute atomic E-state index is 12.0. The SMILES string of the molecule is CC(Oc1ccc(Br)cn1)C(F)F. The molecule has 0 fully saturated rings. The van der Waals surface area contributed by atoms with Crippen molar-refractivity contribution in [2.45, 2.75) is 19.5 Å². The van der Waals surface area contributed by atoms with Gasteiger partial charge in [0.15, 0.2) is 6.10 Å². The molecular formula is C8H8BrF2NO. The summed E-state index contributed by atoms with van der Waals surface area (Å²) in [6.07, 6.45) is -2.13. The molecule has 0 spiro atoms. The Hall–Kier alpha value is -0.710. The molecule has 0 aliphatic rings. The van der Waals surface area contributed by atoms with Crippen molar-refractivity contribution in [2.75, 3.05) is 0 Å². The molecule has 72 valence electrons. The van der Waals surface area contributed by atoms with Gasteiger partial charge in [0.1, 0.15) is 0 Å². The summed E-state index contributed by atoms with van der Waals surface area (Å²) >= 11 is 3.17. The lowest BCUT2D eigenvalue weighted by Crippen LogP contribution is -2.21. The minimum absolute atomic E-state index is 0.205. The molecule has 0 bridgehead atoms. The van der Waals surface area contributed by atoms with Crippen LogP contribution in [0.2, 0.25) is 0 Å². The van der Waals surface area contributed by atoms with Gasteiger partial charge in [-0.1, -0.05) is 0 Å². The molecule has 0 N–H and O–H groups in total. The first-order valence-corrected chi connectivity index (χ1v) is 4.45. The van der Waals surface area contributed by atoms with Gasteiger partial charge in [0, 0.05) is 16.7 Å². The maximum Gasteiger partial charge on any atom is 0.274 e. The average Bonchev–Trinajstić information content (AvgIpc) is 2.08. The van der Waals surface area contributed by atoms with E-state index in [1.807, 2.05) is 0 Å². The number of rotatable bonds is 3. The van der Waals surface area contributed by atoms with Crippen LogP contribution in [0.15, 0.2) is 22.8 Å². The monoisotopic (exact) mass is 251 g/mol. The van der Waals surface area contributed by atoms with Gasteiger partial charge in [-0.25, -0.2) is 13.8 Å². The minimum Gasteiger partial charge on any atom is -0.469 e. The molecule has 0 amide bonds. The van der Waals surface area contributed by atoms with Crippen molar-refractivity contribution in [2.24, 2.45) is 0 Å². The highest BCUT2D eigenvalue weighted by Crippen LogP contribution is 2.15. The Kier molecular flexibility index (Phi) is 3.59. The number of pyridine rings is 1. The highest BCUT2D eigenvalue weighted by molar-refractivity contribution is 9.10. The van der Waals surface area contributed by atoms with E-state index in [4.69, 9.17) is 4.74 Å². The van der Waals surface area contributed by atoms with Crippen molar-refractivity contribution in [3.8, 4) is 5.88 Å². The second-order valence-corrected chi connectivity index (χ2v) is 3.39. The highest BCUT2D eigenvalue weighted by atomic mass is 79.9. The third kappa shape index (κ3) is 3.26. The Bertz CT molecular complexity index is 265. The molecule has 0 saturated carbocycles. The number of ether oxygens (including phenoxy) is 1. The zero-order valence-electron chi connectivity index (χ0n) is 6.88. The lowest BCUT2D eigenvalue weighted by molar-refractivity contribution is 0.0201. The maximum atomic E-state index is 12.0. The van der Waals surface area contributed by atoms with Gasteiger partial charge in [0.2, 0.25) is 5.88 Å². The van der Waals surface area contributed by atoms with E-state index in [1.54, 1.807) is 6.07 Å². The van der Waals surface area contributed by atoms with Crippen LogP contribution in [-0.2, 0) is 0 Å². The molecule has 0 saturated heterocycles. The summed E-state index contributed by atoms with van der Waals surface area (Å²) in [6.45, 7) is 1.30. The number of hydrogen-bond acceptors (Lipinski definition) is 2. The van der Waals surface area contributed by atoms with E-state index in [2.05, 4.69) is 20.9 Å². The van der Waals surface area contributed by atoms with Crippen LogP contribution in [0.25, 0.3) is 0 Å². The summed E-state index contributed by atoms with van der Waals surface area (Å²) in [5, 5.41) is 0. The van der Waals surface area contributed by atoms with E-state index in [0.717, 1.165) is 4.47 Å². The molecule has 1 aromatic heterocycles. The third-order valence-electron chi connectivity index (χ3n) is 1.36. The van der Waals surface area contributed by atoms with E-state index in [-0.39, 0.29) is 5.88 Å². The highest BCUT2D eigenvalue weighted by Gasteiger charge is 2.16. The quantitative estimate of drug-likeness (QED) is 0.825. The van der Waals surface area contributed by atoms with Gasteiger partial charge < -0.3 is 4.74 Å². The molecule has 1 heterocycles. The topological polar surface area (TPSA) is 22.1 Å². The summed E-state index contributed by atoms with van der Waals surface area (Å²) in [7, 11) is 0.